The van der Waals surface area contributed by atoms with Crippen LogP contribution in [0.4, 0.5) is 5.82 Å². The van der Waals surface area contributed by atoms with Crippen molar-refractivity contribution >= 4 is 23.3 Å². The Morgan fingerprint density at radius 2 is 2.26 bits per heavy atom. The molecule has 5 nitrogen and oxygen atoms in total. The molecule has 6 heteroatoms. The van der Waals surface area contributed by atoms with Gasteiger partial charge in [-0.1, -0.05) is 22.8 Å². The lowest BCUT2D eigenvalue weighted by atomic mass is 10.3. The summed E-state index contributed by atoms with van der Waals surface area (Å²) in [6.07, 6.45) is -0.671. The fraction of sp³-hybridized carbons (Fsp3) is 0.231. The highest BCUT2D eigenvalue weighted by atomic mass is 35.5. The number of nitrogens with one attached hydrogen (secondary N) is 1. The Balaban J connectivity index is 1.96. The number of hydrogen-bond acceptors (Lipinski definition) is 4. The van der Waals surface area contributed by atoms with Crippen molar-refractivity contribution in [2.75, 3.05) is 5.32 Å². The first-order valence-corrected chi connectivity index (χ1v) is 6.09. The van der Waals surface area contributed by atoms with E-state index in [1.165, 1.54) is 0 Å². The quantitative estimate of drug-likeness (QED) is 0.935. The van der Waals surface area contributed by atoms with E-state index >= 15 is 0 Å². The predicted octanol–water partition coefficient (Wildman–Crippen LogP) is 3.04. The van der Waals surface area contributed by atoms with Crippen LogP contribution in [-0.2, 0) is 4.79 Å². The van der Waals surface area contributed by atoms with Crippen molar-refractivity contribution in [1.29, 1.82) is 0 Å². The summed E-state index contributed by atoms with van der Waals surface area (Å²) in [5.41, 5.74) is 0. The van der Waals surface area contributed by atoms with Crippen molar-refractivity contribution in [3.63, 3.8) is 0 Å². The Morgan fingerprint density at radius 3 is 2.89 bits per heavy atom. The molecule has 1 unspecified atom stereocenters. The molecule has 1 atom stereocenters. The number of anilines is 1. The zero-order valence-electron chi connectivity index (χ0n) is 10.5. The lowest BCUT2D eigenvalue weighted by Gasteiger charge is -2.13. The van der Waals surface area contributed by atoms with Gasteiger partial charge in [-0.3, -0.25) is 4.79 Å². The highest BCUT2D eigenvalue weighted by molar-refractivity contribution is 6.30. The molecule has 1 amide bonds. The van der Waals surface area contributed by atoms with Crippen molar-refractivity contribution in [2.45, 2.75) is 20.0 Å². The zero-order chi connectivity index (χ0) is 13.8. The average molecular weight is 281 g/mol. The summed E-state index contributed by atoms with van der Waals surface area (Å²) in [7, 11) is 0. The van der Waals surface area contributed by atoms with Crippen molar-refractivity contribution in [3.05, 3.63) is 41.1 Å². The van der Waals surface area contributed by atoms with E-state index in [0.29, 0.717) is 22.4 Å². The van der Waals surface area contributed by atoms with E-state index in [0.717, 1.165) is 0 Å². The minimum Gasteiger partial charge on any atom is -0.481 e. The topological polar surface area (TPSA) is 64.4 Å². The van der Waals surface area contributed by atoms with Gasteiger partial charge in [-0.15, -0.1) is 0 Å². The molecule has 1 N–H and O–H groups in total. The second-order valence-corrected chi connectivity index (χ2v) is 4.47. The number of halogens is 1. The summed E-state index contributed by atoms with van der Waals surface area (Å²) in [5.74, 6) is 1.21. The van der Waals surface area contributed by atoms with E-state index in [4.69, 9.17) is 20.9 Å². The second-order valence-electron chi connectivity index (χ2n) is 4.03. The van der Waals surface area contributed by atoms with Gasteiger partial charge in [-0.2, -0.15) is 0 Å². The Morgan fingerprint density at radius 1 is 1.47 bits per heavy atom. The van der Waals surface area contributed by atoms with E-state index in [-0.39, 0.29) is 5.91 Å². The summed E-state index contributed by atoms with van der Waals surface area (Å²) < 4.78 is 10.3. The fourth-order valence-electron chi connectivity index (χ4n) is 1.45. The van der Waals surface area contributed by atoms with Crippen LogP contribution in [0.3, 0.4) is 0 Å². The van der Waals surface area contributed by atoms with Crippen LogP contribution in [0, 0.1) is 6.92 Å². The maximum atomic E-state index is 11.9. The molecule has 0 aliphatic carbocycles. The minimum absolute atomic E-state index is 0.312. The first-order valence-electron chi connectivity index (χ1n) is 5.71. The summed E-state index contributed by atoms with van der Waals surface area (Å²) in [5, 5.41) is 6.82. The number of benzene rings is 1. The van der Waals surface area contributed by atoms with Crippen LogP contribution in [0.15, 0.2) is 34.9 Å². The molecule has 0 radical (unpaired) electrons. The van der Waals surface area contributed by atoms with Gasteiger partial charge in [0.2, 0.25) is 0 Å². The smallest absolute Gasteiger partial charge is 0.266 e. The lowest BCUT2D eigenvalue weighted by Crippen LogP contribution is -2.30. The molecule has 0 fully saturated rings. The molecule has 0 saturated heterocycles. The summed E-state index contributed by atoms with van der Waals surface area (Å²) >= 11 is 5.84. The van der Waals surface area contributed by atoms with E-state index in [1.807, 2.05) is 0 Å². The molecule has 1 aromatic carbocycles. The molecule has 1 aromatic heterocycles. The maximum absolute atomic E-state index is 11.9. The number of nitrogens with zero attached hydrogens (tertiary/aromatic N) is 1. The van der Waals surface area contributed by atoms with Gasteiger partial charge in [0, 0.05) is 11.1 Å². The van der Waals surface area contributed by atoms with Gasteiger partial charge in [0.05, 0.1) is 0 Å². The number of hydrogen-bond donors (Lipinski definition) is 1. The lowest BCUT2D eigenvalue weighted by molar-refractivity contribution is -0.122. The SMILES string of the molecule is Cc1cc(NC(=O)C(C)Oc2cccc(Cl)c2)no1. The predicted molar refractivity (Wildman–Crippen MR) is 71.4 cm³/mol. The molecule has 19 heavy (non-hydrogen) atoms. The monoisotopic (exact) mass is 280 g/mol. The van der Waals surface area contributed by atoms with Crippen molar-refractivity contribution in [2.24, 2.45) is 0 Å². The molecule has 2 aromatic rings. The van der Waals surface area contributed by atoms with Crippen LogP contribution >= 0.6 is 11.6 Å². The van der Waals surface area contributed by atoms with Crippen LogP contribution in [-0.4, -0.2) is 17.2 Å². The molecule has 100 valence electrons. The number of amides is 1. The zero-order valence-corrected chi connectivity index (χ0v) is 11.3. The summed E-state index contributed by atoms with van der Waals surface area (Å²) in [6, 6.07) is 8.49. The number of rotatable bonds is 4. The van der Waals surface area contributed by atoms with Crippen LogP contribution in [0.1, 0.15) is 12.7 Å². The third-order valence-corrected chi connectivity index (χ3v) is 2.59. The van der Waals surface area contributed by atoms with Gasteiger partial charge in [0.1, 0.15) is 11.5 Å². The molecule has 2 rings (SSSR count). The third kappa shape index (κ3) is 3.72. The second kappa shape index (κ2) is 5.75. The minimum atomic E-state index is -0.671. The van der Waals surface area contributed by atoms with Gasteiger partial charge in [-0.25, -0.2) is 0 Å². The highest BCUT2D eigenvalue weighted by Gasteiger charge is 2.16. The van der Waals surface area contributed by atoms with E-state index < -0.39 is 6.10 Å². The molecule has 0 spiro atoms. The molecule has 0 aliphatic heterocycles. The molecular formula is C13H13ClN2O3. The summed E-state index contributed by atoms with van der Waals surface area (Å²) in [4.78, 5) is 11.9. The van der Waals surface area contributed by atoms with Crippen molar-refractivity contribution in [1.82, 2.24) is 5.16 Å². The van der Waals surface area contributed by atoms with Crippen LogP contribution in [0.5, 0.6) is 5.75 Å². The largest absolute Gasteiger partial charge is 0.481 e. The molecule has 0 bridgehead atoms. The molecular weight excluding hydrogens is 268 g/mol. The van der Waals surface area contributed by atoms with E-state index in [2.05, 4.69) is 10.5 Å². The van der Waals surface area contributed by atoms with Gasteiger partial charge in [0.25, 0.3) is 5.91 Å². The number of carbonyl (C=O) groups is 1. The van der Waals surface area contributed by atoms with Gasteiger partial charge < -0.3 is 14.6 Å². The number of ether oxygens (including phenoxy) is 1. The standard InChI is InChI=1S/C13H13ClN2O3/c1-8-6-12(16-19-8)15-13(17)9(2)18-11-5-3-4-10(14)7-11/h3-7,9H,1-2H3,(H,15,16,17). The Labute approximate surface area is 115 Å². The van der Waals surface area contributed by atoms with Crippen LogP contribution in [0.2, 0.25) is 5.02 Å². The van der Waals surface area contributed by atoms with E-state index in [1.54, 1.807) is 44.2 Å². The van der Waals surface area contributed by atoms with E-state index in [9.17, 15) is 4.79 Å². The van der Waals surface area contributed by atoms with Crippen molar-refractivity contribution in [3.8, 4) is 5.75 Å². The van der Waals surface area contributed by atoms with Crippen LogP contribution < -0.4 is 10.1 Å². The molecule has 0 saturated carbocycles. The normalized spacial score (nSPS) is 11.9. The van der Waals surface area contributed by atoms with Gasteiger partial charge >= 0.3 is 0 Å². The number of aryl methyl sites for hydroxylation is 1. The maximum Gasteiger partial charge on any atom is 0.266 e. The fourth-order valence-corrected chi connectivity index (χ4v) is 1.63. The third-order valence-electron chi connectivity index (χ3n) is 2.36. The Bertz CT molecular complexity index is 583. The van der Waals surface area contributed by atoms with Crippen molar-refractivity contribution < 1.29 is 14.1 Å². The Kier molecular flexibility index (Phi) is 4.06. The number of aromatic nitrogens is 1. The molecule has 1 heterocycles. The molecule has 0 aliphatic rings. The Hall–Kier alpha value is -2.01. The van der Waals surface area contributed by atoms with Gasteiger partial charge in [0.15, 0.2) is 11.9 Å². The number of carbonyl (C=O) groups excluding carboxylic acids is 1. The first kappa shape index (κ1) is 13.4. The van der Waals surface area contributed by atoms with Gasteiger partial charge in [-0.05, 0) is 32.0 Å². The summed E-state index contributed by atoms with van der Waals surface area (Å²) in [6.45, 7) is 3.39. The first-order chi connectivity index (χ1) is 9.04. The van der Waals surface area contributed by atoms with Crippen LogP contribution in [0.25, 0.3) is 0 Å². The highest BCUT2D eigenvalue weighted by Crippen LogP contribution is 2.18. The average Bonchev–Trinajstić information content (AvgIpc) is 2.74.